The number of carbonyl (C=O) groups is 1. The number of hydrogen-bond acceptors (Lipinski definition) is 2. The maximum atomic E-state index is 11.7. The molecule has 1 aliphatic rings. The van der Waals surface area contributed by atoms with Gasteiger partial charge in [0.1, 0.15) is 0 Å². The molecule has 5 heteroatoms. The number of nitrogens with one attached hydrogen (secondary N) is 1. The van der Waals surface area contributed by atoms with E-state index in [9.17, 15) is 9.00 Å². The van der Waals surface area contributed by atoms with Crippen molar-refractivity contribution >= 4 is 28.3 Å². The molecule has 1 heterocycles. The van der Waals surface area contributed by atoms with Crippen LogP contribution in [0.1, 0.15) is 19.3 Å². The Kier molecular flexibility index (Phi) is 5.19. The summed E-state index contributed by atoms with van der Waals surface area (Å²) >= 11 is 5.35. The minimum absolute atomic E-state index is 0.00892. The van der Waals surface area contributed by atoms with Crippen molar-refractivity contribution in [1.82, 2.24) is 5.32 Å². The molecule has 0 aromatic heterocycles. The standard InChI is InChI=1S/C9H14ClNO2S/c10-4-2-6-14(13)8-3-1-5-11-9(12)7-8/h2,4,8H,1,3,5-7H2,(H,11,12). The van der Waals surface area contributed by atoms with Gasteiger partial charge in [-0.15, -0.1) is 0 Å². The molecule has 1 amide bonds. The van der Waals surface area contributed by atoms with Crippen LogP contribution in [0.4, 0.5) is 0 Å². The first-order chi connectivity index (χ1) is 6.74. The molecule has 0 aromatic rings. The summed E-state index contributed by atoms with van der Waals surface area (Å²) < 4.78 is 11.7. The Morgan fingerprint density at radius 2 is 2.43 bits per heavy atom. The normalized spacial score (nSPS) is 25.8. The molecule has 0 bridgehead atoms. The van der Waals surface area contributed by atoms with E-state index in [2.05, 4.69) is 5.32 Å². The van der Waals surface area contributed by atoms with E-state index in [1.165, 1.54) is 5.54 Å². The highest BCUT2D eigenvalue weighted by Crippen LogP contribution is 2.13. The fraction of sp³-hybridized carbons (Fsp3) is 0.667. The first-order valence-electron chi connectivity index (χ1n) is 4.63. The molecule has 1 N–H and O–H groups in total. The monoisotopic (exact) mass is 235 g/mol. The Balaban J connectivity index is 2.48. The zero-order chi connectivity index (χ0) is 10.4. The molecule has 0 saturated carbocycles. The number of amides is 1. The molecule has 3 nitrogen and oxygen atoms in total. The van der Waals surface area contributed by atoms with Crippen LogP contribution in [-0.4, -0.2) is 27.7 Å². The molecule has 1 saturated heterocycles. The molecule has 2 unspecified atom stereocenters. The molecule has 0 aromatic carbocycles. The second kappa shape index (κ2) is 6.19. The average Bonchev–Trinajstić information content (AvgIpc) is 2.39. The third-order valence-electron chi connectivity index (χ3n) is 2.16. The van der Waals surface area contributed by atoms with E-state index >= 15 is 0 Å². The smallest absolute Gasteiger partial charge is 0.221 e. The third-order valence-corrected chi connectivity index (χ3v) is 4.00. The Bertz CT molecular complexity index is 255. The van der Waals surface area contributed by atoms with Gasteiger partial charge in [-0.2, -0.15) is 0 Å². The molecule has 0 radical (unpaired) electrons. The first kappa shape index (κ1) is 11.7. The molecular formula is C9H14ClNO2S. The Morgan fingerprint density at radius 1 is 1.64 bits per heavy atom. The van der Waals surface area contributed by atoms with Gasteiger partial charge >= 0.3 is 0 Å². The van der Waals surface area contributed by atoms with Crippen molar-refractivity contribution in [3.05, 3.63) is 11.6 Å². The lowest BCUT2D eigenvalue weighted by molar-refractivity contribution is -0.120. The van der Waals surface area contributed by atoms with Crippen LogP contribution in [0.25, 0.3) is 0 Å². The number of halogens is 1. The Labute approximate surface area is 91.4 Å². The molecule has 80 valence electrons. The molecule has 1 rings (SSSR count). The van der Waals surface area contributed by atoms with Crippen molar-refractivity contribution in [3.63, 3.8) is 0 Å². The highest BCUT2D eigenvalue weighted by atomic mass is 35.5. The second-order valence-electron chi connectivity index (χ2n) is 3.23. The minimum atomic E-state index is -0.970. The summed E-state index contributed by atoms with van der Waals surface area (Å²) in [6.45, 7) is 0.706. The molecular weight excluding hydrogens is 222 g/mol. The zero-order valence-corrected chi connectivity index (χ0v) is 9.44. The van der Waals surface area contributed by atoms with Crippen molar-refractivity contribution < 1.29 is 9.00 Å². The molecule has 1 fully saturated rings. The van der Waals surface area contributed by atoms with Crippen LogP contribution in [-0.2, 0) is 15.6 Å². The van der Waals surface area contributed by atoms with Crippen molar-refractivity contribution in [2.45, 2.75) is 24.5 Å². The Hall–Kier alpha value is -0.350. The molecule has 1 aliphatic heterocycles. The summed E-state index contributed by atoms with van der Waals surface area (Å²) in [6.07, 6.45) is 3.80. The van der Waals surface area contributed by atoms with Gasteiger partial charge < -0.3 is 5.32 Å². The summed E-state index contributed by atoms with van der Waals surface area (Å²) in [4.78, 5) is 11.2. The van der Waals surface area contributed by atoms with Crippen molar-refractivity contribution in [2.75, 3.05) is 12.3 Å². The van der Waals surface area contributed by atoms with Gasteiger partial charge in [0, 0.05) is 40.3 Å². The molecule has 0 spiro atoms. The maximum Gasteiger partial charge on any atom is 0.221 e. The van der Waals surface area contributed by atoms with E-state index in [0.717, 1.165) is 12.8 Å². The number of carbonyl (C=O) groups excluding carboxylic acids is 1. The van der Waals surface area contributed by atoms with Gasteiger partial charge in [0.15, 0.2) is 0 Å². The lowest BCUT2D eigenvalue weighted by Crippen LogP contribution is -2.25. The summed E-state index contributed by atoms with van der Waals surface area (Å²) in [7, 11) is -0.970. The van der Waals surface area contributed by atoms with Gasteiger partial charge in [0.25, 0.3) is 0 Å². The topological polar surface area (TPSA) is 46.2 Å². The van der Waals surface area contributed by atoms with E-state index < -0.39 is 10.8 Å². The predicted octanol–water partition coefficient (Wildman–Crippen LogP) is 1.16. The minimum Gasteiger partial charge on any atom is -0.356 e. The van der Waals surface area contributed by atoms with Gasteiger partial charge in [-0.3, -0.25) is 9.00 Å². The Morgan fingerprint density at radius 3 is 3.14 bits per heavy atom. The molecule has 2 atom stereocenters. The van der Waals surface area contributed by atoms with Crippen LogP contribution in [0, 0.1) is 0 Å². The van der Waals surface area contributed by atoms with Gasteiger partial charge in [-0.1, -0.05) is 17.7 Å². The van der Waals surface area contributed by atoms with E-state index in [4.69, 9.17) is 11.6 Å². The van der Waals surface area contributed by atoms with Gasteiger partial charge in [-0.25, -0.2) is 0 Å². The maximum absolute atomic E-state index is 11.7. The van der Waals surface area contributed by atoms with Gasteiger partial charge in [0.05, 0.1) is 0 Å². The van der Waals surface area contributed by atoms with E-state index in [-0.39, 0.29) is 11.2 Å². The molecule has 0 aliphatic carbocycles. The van der Waals surface area contributed by atoms with Crippen LogP contribution in [0.2, 0.25) is 0 Å². The lowest BCUT2D eigenvalue weighted by atomic mass is 10.2. The van der Waals surface area contributed by atoms with Crippen LogP contribution in [0.15, 0.2) is 11.6 Å². The van der Waals surface area contributed by atoms with E-state index in [0.29, 0.717) is 18.7 Å². The summed E-state index contributed by atoms with van der Waals surface area (Å²) in [5, 5.41) is 2.76. The summed E-state index contributed by atoms with van der Waals surface area (Å²) in [6, 6.07) is 0. The van der Waals surface area contributed by atoms with Gasteiger partial charge in [-0.05, 0) is 12.8 Å². The van der Waals surface area contributed by atoms with Crippen molar-refractivity contribution in [1.29, 1.82) is 0 Å². The third kappa shape index (κ3) is 3.80. The van der Waals surface area contributed by atoms with Crippen molar-refractivity contribution in [3.8, 4) is 0 Å². The number of hydrogen-bond donors (Lipinski definition) is 1. The fourth-order valence-electron chi connectivity index (χ4n) is 1.43. The van der Waals surface area contributed by atoms with Crippen LogP contribution in [0.3, 0.4) is 0 Å². The highest BCUT2D eigenvalue weighted by Gasteiger charge is 2.21. The molecule has 14 heavy (non-hydrogen) atoms. The quantitative estimate of drug-likeness (QED) is 0.798. The van der Waals surface area contributed by atoms with Crippen LogP contribution >= 0.6 is 11.6 Å². The van der Waals surface area contributed by atoms with E-state index in [1.807, 2.05) is 0 Å². The summed E-state index contributed by atoms with van der Waals surface area (Å²) in [5.74, 6) is 0.456. The van der Waals surface area contributed by atoms with E-state index in [1.54, 1.807) is 6.08 Å². The van der Waals surface area contributed by atoms with Crippen molar-refractivity contribution in [2.24, 2.45) is 0 Å². The van der Waals surface area contributed by atoms with Crippen LogP contribution < -0.4 is 5.32 Å². The average molecular weight is 236 g/mol. The first-order valence-corrected chi connectivity index (χ1v) is 6.45. The highest BCUT2D eigenvalue weighted by molar-refractivity contribution is 7.85. The summed E-state index contributed by atoms with van der Waals surface area (Å²) in [5.41, 5.74) is 1.37. The second-order valence-corrected chi connectivity index (χ2v) is 5.24. The predicted molar refractivity (Wildman–Crippen MR) is 58.7 cm³/mol. The van der Waals surface area contributed by atoms with Crippen LogP contribution in [0.5, 0.6) is 0 Å². The lowest BCUT2D eigenvalue weighted by Gasteiger charge is -2.10. The van der Waals surface area contributed by atoms with Gasteiger partial charge in [0.2, 0.25) is 5.91 Å². The number of rotatable bonds is 3. The zero-order valence-electron chi connectivity index (χ0n) is 7.87. The largest absolute Gasteiger partial charge is 0.356 e. The SMILES string of the molecule is O=C1CC(S(=O)CC=CCl)CCCN1. The fourth-order valence-corrected chi connectivity index (χ4v) is 2.95.